The summed E-state index contributed by atoms with van der Waals surface area (Å²) in [6, 6.07) is 6.82. The normalized spacial score (nSPS) is 19.1. The number of carbonyl (C=O) groups excluding carboxylic acids is 1. The monoisotopic (exact) mass is 205 g/mol. The SMILES string of the molecule is CN1C(=O)c2ccccc2C1CC(=O)O. The number of hydrogen-bond donors (Lipinski definition) is 1. The molecule has 0 aliphatic carbocycles. The van der Waals surface area contributed by atoms with Gasteiger partial charge in [-0.05, 0) is 11.6 Å². The van der Waals surface area contributed by atoms with Gasteiger partial charge in [-0.1, -0.05) is 18.2 Å². The van der Waals surface area contributed by atoms with E-state index in [0.717, 1.165) is 5.56 Å². The number of carboxylic acid groups (broad SMARTS) is 1. The lowest BCUT2D eigenvalue weighted by Crippen LogP contribution is -2.24. The number of hydrogen-bond acceptors (Lipinski definition) is 2. The van der Waals surface area contributed by atoms with Gasteiger partial charge < -0.3 is 10.0 Å². The molecule has 1 N–H and O–H groups in total. The fourth-order valence-corrected chi connectivity index (χ4v) is 1.93. The van der Waals surface area contributed by atoms with E-state index in [4.69, 9.17) is 5.11 Å². The Morgan fingerprint density at radius 2 is 2.13 bits per heavy atom. The molecule has 0 spiro atoms. The third-order valence-electron chi connectivity index (χ3n) is 2.71. The molecular weight excluding hydrogens is 194 g/mol. The fraction of sp³-hybridized carbons (Fsp3) is 0.273. The molecule has 0 saturated carbocycles. The number of rotatable bonds is 2. The van der Waals surface area contributed by atoms with Crippen LogP contribution in [0.2, 0.25) is 0 Å². The number of benzene rings is 1. The van der Waals surface area contributed by atoms with E-state index in [1.807, 2.05) is 12.1 Å². The van der Waals surface area contributed by atoms with Gasteiger partial charge in [-0.3, -0.25) is 9.59 Å². The zero-order valence-electron chi connectivity index (χ0n) is 8.30. The molecule has 4 nitrogen and oxygen atoms in total. The van der Waals surface area contributed by atoms with Crippen molar-refractivity contribution in [2.45, 2.75) is 12.5 Å². The van der Waals surface area contributed by atoms with Crippen molar-refractivity contribution in [1.29, 1.82) is 0 Å². The molecule has 0 aromatic heterocycles. The Morgan fingerprint density at radius 3 is 2.80 bits per heavy atom. The highest BCUT2D eigenvalue weighted by Crippen LogP contribution is 2.34. The first-order valence-corrected chi connectivity index (χ1v) is 4.69. The highest BCUT2D eigenvalue weighted by molar-refractivity contribution is 5.99. The Kier molecular flexibility index (Phi) is 2.19. The number of nitrogens with zero attached hydrogens (tertiary/aromatic N) is 1. The highest BCUT2D eigenvalue weighted by atomic mass is 16.4. The third-order valence-corrected chi connectivity index (χ3v) is 2.71. The molecule has 0 fully saturated rings. The van der Waals surface area contributed by atoms with Crippen molar-refractivity contribution in [2.75, 3.05) is 7.05 Å². The van der Waals surface area contributed by atoms with E-state index >= 15 is 0 Å². The van der Waals surface area contributed by atoms with Gasteiger partial charge in [0.2, 0.25) is 0 Å². The predicted octanol–water partition coefficient (Wildman–Crippen LogP) is 1.29. The second kappa shape index (κ2) is 3.38. The molecule has 0 saturated heterocycles. The van der Waals surface area contributed by atoms with Gasteiger partial charge in [0.25, 0.3) is 5.91 Å². The van der Waals surface area contributed by atoms with Crippen LogP contribution in [0.1, 0.15) is 28.4 Å². The molecular formula is C11H11NO3. The first-order chi connectivity index (χ1) is 7.11. The summed E-state index contributed by atoms with van der Waals surface area (Å²) in [5, 5.41) is 8.77. The lowest BCUT2D eigenvalue weighted by atomic mass is 10.0. The first kappa shape index (κ1) is 9.71. The topological polar surface area (TPSA) is 57.6 Å². The molecule has 1 unspecified atom stereocenters. The third kappa shape index (κ3) is 1.48. The molecule has 4 heteroatoms. The highest BCUT2D eigenvalue weighted by Gasteiger charge is 2.34. The Bertz CT molecular complexity index is 428. The Labute approximate surface area is 87.1 Å². The molecule has 1 amide bonds. The van der Waals surface area contributed by atoms with Gasteiger partial charge in [0.1, 0.15) is 0 Å². The second-order valence-electron chi connectivity index (χ2n) is 3.62. The van der Waals surface area contributed by atoms with Gasteiger partial charge in [-0.2, -0.15) is 0 Å². The van der Waals surface area contributed by atoms with Crippen molar-refractivity contribution in [3.63, 3.8) is 0 Å². The molecule has 1 aliphatic heterocycles. The maximum atomic E-state index is 11.7. The minimum absolute atomic E-state index is 0.0424. The zero-order chi connectivity index (χ0) is 11.0. The summed E-state index contributed by atoms with van der Waals surface area (Å²) in [6.45, 7) is 0. The number of fused-ring (bicyclic) bond motifs is 1. The van der Waals surface area contributed by atoms with Crippen molar-refractivity contribution in [2.24, 2.45) is 0 Å². The summed E-state index contributed by atoms with van der Waals surface area (Å²) >= 11 is 0. The number of amides is 1. The molecule has 1 aromatic carbocycles. The van der Waals surface area contributed by atoms with Gasteiger partial charge in [0.05, 0.1) is 12.5 Å². The van der Waals surface area contributed by atoms with Crippen LogP contribution in [-0.2, 0) is 4.79 Å². The molecule has 1 heterocycles. The van der Waals surface area contributed by atoms with Crippen molar-refractivity contribution in [3.05, 3.63) is 35.4 Å². The van der Waals surface area contributed by atoms with E-state index in [0.29, 0.717) is 5.56 Å². The standard InChI is InChI=1S/C11H11NO3/c1-12-9(6-10(13)14)7-4-2-3-5-8(7)11(12)15/h2-5,9H,6H2,1H3,(H,13,14). The van der Waals surface area contributed by atoms with E-state index in [1.54, 1.807) is 19.2 Å². The average molecular weight is 205 g/mol. The smallest absolute Gasteiger partial charge is 0.305 e. The molecule has 1 aliphatic rings. The van der Waals surface area contributed by atoms with Gasteiger partial charge in [-0.25, -0.2) is 0 Å². The van der Waals surface area contributed by atoms with E-state index < -0.39 is 5.97 Å². The van der Waals surface area contributed by atoms with E-state index in [1.165, 1.54) is 4.90 Å². The van der Waals surface area contributed by atoms with Crippen LogP contribution >= 0.6 is 0 Å². The Hall–Kier alpha value is -1.84. The molecule has 78 valence electrons. The van der Waals surface area contributed by atoms with Crippen molar-refractivity contribution < 1.29 is 14.7 Å². The van der Waals surface area contributed by atoms with Crippen LogP contribution in [-0.4, -0.2) is 28.9 Å². The van der Waals surface area contributed by atoms with E-state index in [9.17, 15) is 9.59 Å². The van der Waals surface area contributed by atoms with Gasteiger partial charge >= 0.3 is 5.97 Å². The van der Waals surface area contributed by atoms with Crippen LogP contribution in [0.25, 0.3) is 0 Å². The van der Waals surface area contributed by atoms with Crippen LogP contribution < -0.4 is 0 Å². The van der Waals surface area contributed by atoms with Gasteiger partial charge in [-0.15, -0.1) is 0 Å². The van der Waals surface area contributed by atoms with Crippen LogP contribution in [0.4, 0.5) is 0 Å². The average Bonchev–Trinajstić information content (AvgIpc) is 2.44. The van der Waals surface area contributed by atoms with Crippen LogP contribution in [0, 0.1) is 0 Å². The summed E-state index contributed by atoms with van der Waals surface area (Å²) in [7, 11) is 1.63. The summed E-state index contributed by atoms with van der Waals surface area (Å²) in [5.74, 6) is -0.992. The molecule has 1 atom stereocenters. The van der Waals surface area contributed by atoms with E-state index in [2.05, 4.69) is 0 Å². The molecule has 15 heavy (non-hydrogen) atoms. The zero-order valence-corrected chi connectivity index (χ0v) is 8.30. The van der Waals surface area contributed by atoms with Gasteiger partial charge in [0.15, 0.2) is 0 Å². The largest absolute Gasteiger partial charge is 0.481 e. The molecule has 0 bridgehead atoms. The fourth-order valence-electron chi connectivity index (χ4n) is 1.93. The van der Waals surface area contributed by atoms with Crippen LogP contribution in [0.15, 0.2) is 24.3 Å². The minimum Gasteiger partial charge on any atom is -0.481 e. The number of carbonyl (C=O) groups is 2. The minimum atomic E-state index is -0.892. The maximum Gasteiger partial charge on any atom is 0.305 e. The Balaban J connectivity index is 2.42. The van der Waals surface area contributed by atoms with Crippen molar-refractivity contribution >= 4 is 11.9 Å². The second-order valence-corrected chi connectivity index (χ2v) is 3.62. The van der Waals surface area contributed by atoms with Gasteiger partial charge in [0, 0.05) is 12.6 Å². The first-order valence-electron chi connectivity index (χ1n) is 4.69. The lowest BCUT2D eigenvalue weighted by Gasteiger charge is -2.18. The summed E-state index contributed by atoms with van der Waals surface area (Å²) < 4.78 is 0. The number of aliphatic carboxylic acids is 1. The van der Waals surface area contributed by atoms with E-state index in [-0.39, 0.29) is 18.4 Å². The maximum absolute atomic E-state index is 11.7. The molecule has 0 radical (unpaired) electrons. The molecule has 1 aromatic rings. The predicted molar refractivity (Wildman–Crippen MR) is 53.5 cm³/mol. The van der Waals surface area contributed by atoms with Crippen molar-refractivity contribution in [3.8, 4) is 0 Å². The molecule has 2 rings (SSSR count). The summed E-state index contributed by atoms with van der Waals surface area (Å²) in [6.07, 6.45) is -0.0424. The summed E-state index contributed by atoms with van der Waals surface area (Å²) in [5.41, 5.74) is 1.43. The Morgan fingerprint density at radius 1 is 1.47 bits per heavy atom. The van der Waals surface area contributed by atoms with Crippen molar-refractivity contribution in [1.82, 2.24) is 4.90 Å². The lowest BCUT2D eigenvalue weighted by molar-refractivity contribution is -0.138. The summed E-state index contributed by atoms with van der Waals surface area (Å²) in [4.78, 5) is 23.9. The van der Waals surface area contributed by atoms with Crippen LogP contribution in [0.5, 0.6) is 0 Å². The van der Waals surface area contributed by atoms with Crippen LogP contribution in [0.3, 0.4) is 0 Å². The quantitative estimate of drug-likeness (QED) is 0.791. The number of carboxylic acids is 1.